The third-order valence-electron chi connectivity index (χ3n) is 4.04. The number of hydrogen-bond donors (Lipinski definition) is 1. The highest BCUT2D eigenvalue weighted by molar-refractivity contribution is 5.90. The summed E-state index contributed by atoms with van der Waals surface area (Å²) in [7, 11) is 0. The maximum Gasteiger partial charge on any atom is 0.227 e. The molecule has 4 heterocycles. The Hall–Kier alpha value is -2.21. The minimum absolute atomic E-state index is 0.0127. The third-order valence-corrected chi connectivity index (χ3v) is 4.04. The van der Waals surface area contributed by atoms with Crippen molar-refractivity contribution in [1.82, 2.24) is 15.3 Å². The first kappa shape index (κ1) is 12.5. The second-order valence-corrected chi connectivity index (χ2v) is 5.55. The first-order chi connectivity index (χ1) is 10.3. The molecule has 0 aromatic carbocycles. The predicted octanol–water partition coefficient (Wildman–Crippen LogP) is 0.581. The van der Waals surface area contributed by atoms with Crippen LogP contribution in [0, 0.1) is 5.92 Å². The van der Waals surface area contributed by atoms with Crippen LogP contribution >= 0.6 is 0 Å². The van der Waals surface area contributed by atoms with Crippen molar-refractivity contribution in [1.29, 1.82) is 0 Å². The molecule has 2 saturated heterocycles. The van der Waals surface area contributed by atoms with Crippen molar-refractivity contribution >= 4 is 22.6 Å². The molecule has 2 aliphatic heterocycles. The molecule has 0 spiro atoms. The van der Waals surface area contributed by atoms with Crippen molar-refractivity contribution in [3.63, 3.8) is 0 Å². The average Bonchev–Trinajstić information content (AvgIpc) is 2.75. The second kappa shape index (κ2) is 4.96. The monoisotopic (exact) mass is 284 g/mol. The van der Waals surface area contributed by atoms with Crippen LogP contribution in [0.1, 0.15) is 0 Å². The molecule has 0 radical (unpaired) electrons. The van der Waals surface area contributed by atoms with Gasteiger partial charge in [-0.25, -0.2) is 4.98 Å². The van der Waals surface area contributed by atoms with Crippen molar-refractivity contribution in [2.75, 3.05) is 31.2 Å². The molecule has 2 fully saturated rings. The van der Waals surface area contributed by atoms with Crippen LogP contribution in [0.25, 0.3) is 10.9 Å². The lowest BCUT2D eigenvalue weighted by molar-refractivity contribution is -0.124. The van der Waals surface area contributed by atoms with Crippen LogP contribution in [0.4, 0.5) is 5.82 Å². The Balaban J connectivity index is 1.76. The number of ether oxygens (including phenoxy) is 1. The molecule has 0 unspecified atom stereocenters. The van der Waals surface area contributed by atoms with Gasteiger partial charge >= 0.3 is 0 Å². The van der Waals surface area contributed by atoms with Crippen molar-refractivity contribution in [2.45, 2.75) is 6.04 Å². The van der Waals surface area contributed by atoms with Crippen LogP contribution in [0.5, 0.6) is 0 Å². The van der Waals surface area contributed by atoms with Crippen LogP contribution in [0.2, 0.25) is 0 Å². The van der Waals surface area contributed by atoms with Crippen LogP contribution in [0.15, 0.2) is 30.6 Å². The summed E-state index contributed by atoms with van der Waals surface area (Å²) in [5, 5.41) is 4.06. The molecule has 21 heavy (non-hydrogen) atoms. The van der Waals surface area contributed by atoms with Crippen molar-refractivity contribution in [2.24, 2.45) is 5.92 Å². The zero-order chi connectivity index (χ0) is 14.2. The van der Waals surface area contributed by atoms with E-state index in [0.29, 0.717) is 26.3 Å². The third kappa shape index (κ3) is 2.21. The van der Waals surface area contributed by atoms with E-state index in [2.05, 4.69) is 20.2 Å². The summed E-state index contributed by atoms with van der Waals surface area (Å²) in [6, 6.07) is 5.86. The van der Waals surface area contributed by atoms with Gasteiger partial charge < -0.3 is 15.0 Å². The number of carbonyl (C=O) groups excluding carboxylic acids is 1. The van der Waals surface area contributed by atoms with Gasteiger partial charge in [-0.2, -0.15) is 0 Å². The topological polar surface area (TPSA) is 67.3 Å². The summed E-state index contributed by atoms with van der Waals surface area (Å²) >= 11 is 0. The molecule has 2 aromatic heterocycles. The van der Waals surface area contributed by atoms with Gasteiger partial charge in [-0.15, -0.1) is 0 Å². The fraction of sp³-hybridized carbons (Fsp3) is 0.400. The van der Waals surface area contributed by atoms with E-state index in [1.807, 2.05) is 18.2 Å². The molecule has 0 aliphatic carbocycles. The number of anilines is 1. The summed E-state index contributed by atoms with van der Waals surface area (Å²) in [5.41, 5.74) is 0.924. The number of hydrogen-bond acceptors (Lipinski definition) is 5. The molecular formula is C15H16N4O2. The van der Waals surface area contributed by atoms with Crippen LogP contribution < -0.4 is 10.2 Å². The van der Waals surface area contributed by atoms with Gasteiger partial charge in [-0.1, -0.05) is 0 Å². The van der Waals surface area contributed by atoms with E-state index in [0.717, 1.165) is 16.7 Å². The summed E-state index contributed by atoms with van der Waals surface area (Å²) in [4.78, 5) is 23.2. The van der Waals surface area contributed by atoms with E-state index < -0.39 is 0 Å². The van der Waals surface area contributed by atoms with E-state index in [1.165, 1.54) is 0 Å². The molecule has 4 rings (SSSR count). The van der Waals surface area contributed by atoms with Gasteiger partial charge in [0.1, 0.15) is 5.82 Å². The molecule has 2 atom stereocenters. The summed E-state index contributed by atoms with van der Waals surface area (Å²) < 4.78 is 5.56. The Morgan fingerprint density at radius 3 is 3.10 bits per heavy atom. The summed E-state index contributed by atoms with van der Waals surface area (Å²) in [5.74, 6) is 0.832. The highest BCUT2D eigenvalue weighted by atomic mass is 16.5. The van der Waals surface area contributed by atoms with Crippen LogP contribution in [-0.2, 0) is 9.53 Å². The maximum absolute atomic E-state index is 12.1. The minimum atomic E-state index is -0.147. The number of nitrogens with one attached hydrogen (secondary N) is 1. The van der Waals surface area contributed by atoms with Gasteiger partial charge in [-0.05, 0) is 18.2 Å². The van der Waals surface area contributed by atoms with Crippen LogP contribution in [-0.4, -0.2) is 48.2 Å². The van der Waals surface area contributed by atoms with Crippen molar-refractivity contribution in [3.05, 3.63) is 30.6 Å². The quantitative estimate of drug-likeness (QED) is 0.830. The summed E-state index contributed by atoms with van der Waals surface area (Å²) in [6.07, 6.45) is 3.55. The Morgan fingerprint density at radius 2 is 2.14 bits per heavy atom. The van der Waals surface area contributed by atoms with Crippen molar-refractivity contribution < 1.29 is 9.53 Å². The molecular weight excluding hydrogens is 268 g/mol. The number of rotatable bonds is 1. The van der Waals surface area contributed by atoms with Gasteiger partial charge in [0, 0.05) is 30.9 Å². The van der Waals surface area contributed by atoms with Crippen LogP contribution in [0.3, 0.4) is 0 Å². The molecule has 1 N–H and O–H groups in total. The highest BCUT2D eigenvalue weighted by Gasteiger charge is 2.34. The Labute approximate surface area is 122 Å². The first-order valence-corrected chi connectivity index (χ1v) is 7.14. The van der Waals surface area contributed by atoms with E-state index in [9.17, 15) is 4.79 Å². The second-order valence-electron chi connectivity index (χ2n) is 5.55. The minimum Gasteiger partial charge on any atom is -0.378 e. The first-order valence-electron chi connectivity index (χ1n) is 7.14. The van der Waals surface area contributed by atoms with E-state index in [-0.39, 0.29) is 17.9 Å². The number of aromatic nitrogens is 2. The lowest BCUT2D eigenvalue weighted by Gasteiger charge is -2.29. The highest BCUT2D eigenvalue weighted by Crippen LogP contribution is 2.26. The van der Waals surface area contributed by atoms with Crippen molar-refractivity contribution in [3.8, 4) is 0 Å². The Bertz CT molecular complexity index is 685. The van der Waals surface area contributed by atoms with E-state index in [4.69, 9.17) is 4.74 Å². The zero-order valence-electron chi connectivity index (χ0n) is 11.5. The van der Waals surface area contributed by atoms with Gasteiger partial charge in [0.25, 0.3) is 0 Å². The fourth-order valence-electron chi connectivity index (χ4n) is 3.04. The number of fused-ring (bicyclic) bond motifs is 4. The normalized spacial score (nSPS) is 25.5. The molecule has 0 saturated carbocycles. The Kier molecular flexibility index (Phi) is 2.96. The summed E-state index contributed by atoms with van der Waals surface area (Å²) in [6.45, 7) is 2.37. The fourth-order valence-corrected chi connectivity index (χ4v) is 3.04. The van der Waals surface area contributed by atoms with E-state index in [1.54, 1.807) is 12.4 Å². The zero-order valence-corrected chi connectivity index (χ0v) is 11.5. The number of carbonyl (C=O) groups is 1. The molecule has 2 aliphatic rings. The molecule has 2 bridgehead atoms. The van der Waals surface area contributed by atoms with E-state index >= 15 is 0 Å². The van der Waals surface area contributed by atoms with Gasteiger partial charge in [0.2, 0.25) is 5.91 Å². The number of nitrogens with zero attached hydrogens (tertiary/aromatic N) is 3. The standard InChI is InChI=1S/C15H16N4O2/c20-15-10-6-19(7-11(18-15)9-21-8-10)14-12-2-1-4-16-13(12)3-5-17-14/h1-5,10-11H,6-9H2,(H,18,20)/t10-,11+/m1/s1. The smallest absolute Gasteiger partial charge is 0.227 e. The molecule has 6 nitrogen and oxygen atoms in total. The predicted molar refractivity (Wildman–Crippen MR) is 78.0 cm³/mol. The maximum atomic E-state index is 12.1. The SMILES string of the molecule is O=C1N[C@@H]2COC[C@H]1CN(c1nccc3ncccc13)C2. The Morgan fingerprint density at radius 1 is 1.19 bits per heavy atom. The van der Waals surface area contributed by atoms with Gasteiger partial charge in [-0.3, -0.25) is 9.78 Å². The molecule has 2 aromatic rings. The molecule has 1 amide bonds. The molecule has 108 valence electrons. The lowest BCUT2D eigenvalue weighted by atomic mass is 10.1. The lowest BCUT2D eigenvalue weighted by Crippen LogP contribution is -2.42. The largest absolute Gasteiger partial charge is 0.378 e. The number of amides is 1. The van der Waals surface area contributed by atoms with Gasteiger partial charge in [0.15, 0.2) is 0 Å². The number of pyridine rings is 2. The average molecular weight is 284 g/mol. The molecule has 6 heteroatoms. The van der Waals surface area contributed by atoms with Gasteiger partial charge in [0.05, 0.1) is 30.7 Å².